The van der Waals surface area contributed by atoms with Crippen LogP contribution in [0.2, 0.25) is 0 Å². The number of hydrogen-bond donors (Lipinski definition) is 4. The van der Waals surface area contributed by atoms with Crippen LogP contribution >= 0.6 is 0 Å². The first kappa shape index (κ1) is 24.6. The van der Waals surface area contributed by atoms with E-state index in [0.29, 0.717) is 24.3 Å². The monoisotopic (exact) mass is 517 g/mol. The van der Waals surface area contributed by atoms with Gasteiger partial charge in [0, 0.05) is 43.1 Å². The molecule has 2 aromatic rings. The molecule has 1 amide bonds. The molecule has 1 aliphatic heterocycles. The number of fused-ring (bicyclic) bond motifs is 4. The fourth-order valence-corrected chi connectivity index (χ4v) is 6.81. The summed E-state index contributed by atoms with van der Waals surface area (Å²) in [5.74, 6) is -5.10. The van der Waals surface area contributed by atoms with Crippen molar-refractivity contribution in [1.82, 2.24) is 9.80 Å². The standard InChI is InChI=1S/C29H31N3O6/c1-31(2)18-11-32(12-18)10-13-3-4-14-6-15-7-16-8-17-9-20(33)24(29(30)38)28(37)23(17)27(36)22(16)26(35)21(15)25(34)19(14)5-13/h3-6,16-18,23,34-35,37H,7-12H2,1-2H3,(H2,30,38). The molecule has 9 heteroatoms. The summed E-state index contributed by atoms with van der Waals surface area (Å²) >= 11 is 0. The van der Waals surface area contributed by atoms with Crippen molar-refractivity contribution < 1.29 is 29.7 Å². The maximum absolute atomic E-state index is 13.6. The van der Waals surface area contributed by atoms with E-state index in [1.807, 2.05) is 18.2 Å². The van der Waals surface area contributed by atoms with Gasteiger partial charge in [-0.05, 0) is 61.4 Å². The Balaban J connectivity index is 1.38. The van der Waals surface area contributed by atoms with Crippen LogP contribution in [0, 0.1) is 17.8 Å². The average molecular weight is 518 g/mol. The molecule has 198 valence electrons. The number of phenolic OH excluding ortho intramolecular Hbond substituents is 1. The van der Waals surface area contributed by atoms with E-state index in [0.717, 1.165) is 36.1 Å². The smallest absolute Gasteiger partial charge is 0.255 e. The second kappa shape index (κ2) is 8.68. The Labute approximate surface area is 219 Å². The first-order chi connectivity index (χ1) is 18.0. The van der Waals surface area contributed by atoms with Crippen molar-refractivity contribution in [3.05, 3.63) is 57.9 Å². The Kier molecular flexibility index (Phi) is 5.62. The largest absolute Gasteiger partial charge is 0.511 e. The lowest BCUT2D eigenvalue weighted by Gasteiger charge is -2.42. The summed E-state index contributed by atoms with van der Waals surface area (Å²) < 4.78 is 0. The van der Waals surface area contributed by atoms with Crippen molar-refractivity contribution in [3.63, 3.8) is 0 Å². The third-order valence-corrected chi connectivity index (χ3v) is 8.83. The van der Waals surface area contributed by atoms with Crippen LogP contribution in [0.5, 0.6) is 5.75 Å². The lowest BCUT2D eigenvalue weighted by Crippen LogP contribution is -2.56. The number of likely N-dealkylation sites (N-methyl/N-ethyl adjacent to an activating group) is 1. The van der Waals surface area contributed by atoms with Gasteiger partial charge in [0.2, 0.25) is 0 Å². The predicted molar refractivity (Wildman–Crippen MR) is 140 cm³/mol. The molecule has 38 heavy (non-hydrogen) atoms. The molecule has 6 rings (SSSR count). The zero-order chi connectivity index (χ0) is 27.0. The van der Waals surface area contributed by atoms with Crippen molar-refractivity contribution in [1.29, 1.82) is 0 Å². The van der Waals surface area contributed by atoms with Gasteiger partial charge in [0.25, 0.3) is 5.91 Å². The third kappa shape index (κ3) is 3.64. The SMILES string of the molecule is CN(C)C1CN(Cc2ccc3cc4c(c(O)c3c2)C(O)=C2C(=O)C3C(O)=C(C(N)=O)C(=O)CC3CC2C4)C1. The van der Waals surface area contributed by atoms with Crippen LogP contribution < -0.4 is 5.73 Å². The molecule has 3 unspecified atom stereocenters. The molecule has 2 fully saturated rings. The highest BCUT2D eigenvalue weighted by molar-refractivity contribution is 6.21. The highest BCUT2D eigenvalue weighted by atomic mass is 16.3. The number of Topliss-reactive ketones (excluding diaryl/α,β-unsaturated/α-hetero) is 2. The minimum atomic E-state index is -1.11. The van der Waals surface area contributed by atoms with Crippen LogP contribution in [0.25, 0.3) is 16.5 Å². The average Bonchev–Trinajstić information content (AvgIpc) is 2.80. The zero-order valence-corrected chi connectivity index (χ0v) is 21.4. The summed E-state index contributed by atoms with van der Waals surface area (Å²) in [6.07, 6.45) is 0.739. The lowest BCUT2D eigenvalue weighted by atomic mass is 9.61. The number of phenols is 1. The number of aromatic hydroxyl groups is 1. The van der Waals surface area contributed by atoms with Gasteiger partial charge in [-0.25, -0.2) is 0 Å². The summed E-state index contributed by atoms with van der Waals surface area (Å²) in [4.78, 5) is 42.4. The summed E-state index contributed by atoms with van der Waals surface area (Å²) in [6.45, 7) is 2.70. The molecule has 9 nitrogen and oxygen atoms in total. The number of amides is 1. The predicted octanol–water partition coefficient (Wildman–Crippen LogP) is 2.21. The van der Waals surface area contributed by atoms with Gasteiger partial charge in [-0.3, -0.25) is 19.3 Å². The highest BCUT2D eigenvalue weighted by Crippen LogP contribution is 2.51. The Morgan fingerprint density at radius 2 is 1.84 bits per heavy atom. The van der Waals surface area contributed by atoms with Crippen LogP contribution in [-0.4, -0.2) is 75.8 Å². The first-order valence-electron chi connectivity index (χ1n) is 12.9. The van der Waals surface area contributed by atoms with Gasteiger partial charge in [-0.1, -0.05) is 18.2 Å². The molecule has 5 N–H and O–H groups in total. The lowest BCUT2D eigenvalue weighted by molar-refractivity contribution is -0.127. The summed E-state index contributed by atoms with van der Waals surface area (Å²) in [6, 6.07) is 8.43. The quantitative estimate of drug-likeness (QED) is 0.452. The van der Waals surface area contributed by atoms with Crippen LogP contribution in [0.1, 0.15) is 29.5 Å². The molecular formula is C29H31N3O6. The Bertz CT molecular complexity index is 1480. The van der Waals surface area contributed by atoms with Gasteiger partial charge in [-0.2, -0.15) is 0 Å². The van der Waals surface area contributed by atoms with Crippen LogP contribution in [0.4, 0.5) is 0 Å². The van der Waals surface area contributed by atoms with Crippen molar-refractivity contribution in [2.24, 2.45) is 23.5 Å². The number of carbonyl (C=O) groups excluding carboxylic acids is 3. The number of hydrogen-bond acceptors (Lipinski definition) is 8. The second-order valence-electron chi connectivity index (χ2n) is 11.4. The number of aliphatic hydroxyl groups is 2. The molecular weight excluding hydrogens is 486 g/mol. The number of nitrogens with zero attached hydrogens (tertiary/aromatic N) is 2. The number of rotatable bonds is 4. The van der Waals surface area contributed by atoms with Gasteiger partial charge in [0.05, 0.1) is 11.5 Å². The molecule has 1 saturated carbocycles. The summed E-state index contributed by atoms with van der Waals surface area (Å²) in [5.41, 5.74) is 6.90. The maximum Gasteiger partial charge on any atom is 0.255 e. The molecule has 0 aromatic heterocycles. The van der Waals surface area contributed by atoms with Crippen molar-refractivity contribution in [2.45, 2.75) is 31.8 Å². The number of benzene rings is 2. The molecule has 2 aromatic carbocycles. The summed E-state index contributed by atoms with van der Waals surface area (Å²) in [5, 5.41) is 34.8. The van der Waals surface area contributed by atoms with Gasteiger partial charge >= 0.3 is 0 Å². The molecule has 3 atom stereocenters. The minimum Gasteiger partial charge on any atom is -0.511 e. The number of ketones is 2. The fourth-order valence-electron chi connectivity index (χ4n) is 6.81. The van der Waals surface area contributed by atoms with E-state index in [-0.39, 0.29) is 35.0 Å². The highest BCUT2D eigenvalue weighted by Gasteiger charge is 2.50. The maximum atomic E-state index is 13.6. The summed E-state index contributed by atoms with van der Waals surface area (Å²) in [7, 11) is 4.15. The Morgan fingerprint density at radius 3 is 2.53 bits per heavy atom. The van der Waals surface area contributed by atoms with Crippen molar-refractivity contribution in [2.75, 3.05) is 27.2 Å². The topological polar surface area (TPSA) is 144 Å². The van der Waals surface area contributed by atoms with E-state index >= 15 is 0 Å². The molecule has 0 spiro atoms. The van der Waals surface area contributed by atoms with E-state index in [1.54, 1.807) is 0 Å². The van der Waals surface area contributed by atoms with Crippen LogP contribution in [-0.2, 0) is 27.3 Å². The van der Waals surface area contributed by atoms with E-state index in [1.165, 1.54) is 0 Å². The molecule has 0 bridgehead atoms. The number of carbonyl (C=O) groups is 3. The first-order valence-corrected chi connectivity index (χ1v) is 12.9. The van der Waals surface area contributed by atoms with Crippen molar-refractivity contribution in [3.8, 4) is 5.75 Å². The van der Waals surface area contributed by atoms with Crippen LogP contribution in [0.15, 0.2) is 41.2 Å². The Morgan fingerprint density at radius 1 is 1.11 bits per heavy atom. The van der Waals surface area contributed by atoms with E-state index in [2.05, 4.69) is 30.0 Å². The molecule has 0 radical (unpaired) electrons. The number of likely N-dealkylation sites (tertiary alicyclic amines) is 1. The number of aliphatic hydroxyl groups excluding tert-OH is 2. The third-order valence-electron chi connectivity index (χ3n) is 8.83. The second-order valence-corrected chi connectivity index (χ2v) is 11.4. The number of allylic oxidation sites excluding steroid dienone is 2. The Hall–Kier alpha value is -3.69. The molecule has 4 aliphatic rings. The molecule has 1 heterocycles. The number of nitrogens with two attached hydrogens (primary N) is 1. The van der Waals surface area contributed by atoms with E-state index < -0.39 is 40.6 Å². The zero-order valence-electron chi connectivity index (χ0n) is 21.4. The molecule has 3 aliphatic carbocycles. The van der Waals surface area contributed by atoms with Crippen LogP contribution in [0.3, 0.4) is 0 Å². The van der Waals surface area contributed by atoms with E-state index in [9.17, 15) is 29.7 Å². The van der Waals surface area contributed by atoms with Gasteiger partial charge in [0.15, 0.2) is 11.6 Å². The van der Waals surface area contributed by atoms with E-state index in [4.69, 9.17) is 5.73 Å². The van der Waals surface area contributed by atoms with Gasteiger partial charge < -0.3 is 26.0 Å². The number of primary amides is 1. The minimum absolute atomic E-state index is 0.0613. The van der Waals surface area contributed by atoms with Crippen molar-refractivity contribution >= 4 is 34.0 Å². The van der Waals surface area contributed by atoms with Gasteiger partial charge in [-0.15, -0.1) is 0 Å². The fraction of sp³-hybridized carbons (Fsp3) is 0.414. The molecule has 1 saturated heterocycles. The normalized spacial score (nSPS) is 25.9. The van der Waals surface area contributed by atoms with Gasteiger partial charge in [0.1, 0.15) is 22.8 Å².